The lowest BCUT2D eigenvalue weighted by Crippen LogP contribution is -2.35. The number of hydrogen-bond acceptors (Lipinski definition) is 3. The van der Waals surface area contributed by atoms with Crippen molar-refractivity contribution in [1.82, 2.24) is 4.90 Å². The van der Waals surface area contributed by atoms with E-state index in [0.717, 1.165) is 0 Å². The van der Waals surface area contributed by atoms with Crippen LogP contribution >= 0.6 is 0 Å². The molecule has 6 heteroatoms. The van der Waals surface area contributed by atoms with Gasteiger partial charge in [-0.3, -0.25) is 9.59 Å². The van der Waals surface area contributed by atoms with Crippen molar-refractivity contribution in [2.45, 2.75) is 13.3 Å². The summed E-state index contributed by atoms with van der Waals surface area (Å²) in [6.45, 7) is 1.51. The third-order valence-corrected chi connectivity index (χ3v) is 2.47. The molecule has 0 aromatic rings. The van der Waals surface area contributed by atoms with Gasteiger partial charge in [0.15, 0.2) is 0 Å². The quantitative estimate of drug-likeness (QED) is 0.667. The van der Waals surface area contributed by atoms with Crippen molar-refractivity contribution in [3.63, 3.8) is 0 Å². The molecule has 0 aromatic heterocycles. The molecule has 0 radical (unpaired) electrons. The minimum Gasteiger partial charge on any atom is -0.481 e. The summed E-state index contributed by atoms with van der Waals surface area (Å²) >= 11 is 0. The Morgan fingerprint density at radius 2 is 2.07 bits per heavy atom. The summed E-state index contributed by atoms with van der Waals surface area (Å²) in [5.41, 5.74) is 0. The maximum absolute atomic E-state index is 11.4. The predicted octanol–water partition coefficient (Wildman–Crippen LogP) is 0.234. The highest BCUT2D eigenvalue weighted by molar-refractivity contribution is 5.96. The first-order chi connectivity index (χ1) is 6.45. The number of nitrogens with zero attached hydrogens (tertiary/aromatic N) is 1. The summed E-state index contributed by atoms with van der Waals surface area (Å²) in [5, 5.41) is 17.2. The molecule has 0 bridgehead atoms. The molecule has 2 unspecified atom stereocenters. The Bertz CT molecular complexity index is 287. The van der Waals surface area contributed by atoms with Crippen LogP contribution in [-0.4, -0.2) is 39.6 Å². The van der Waals surface area contributed by atoms with Crippen LogP contribution < -0.4 is 0 Å². The van der Waals surface area contributed by atoms with Gasteiger partial charge in [0.2, 0.25) is 5.91 Å². The summed E-state index contributed by atoms with van der Waals surface area (Å²) in [5.74, 6) is -3.21. The molecular weight excluding hydrogens is 190 g/mol. The van der Waals surface area contributed by atoms with Gasteiger partial charge in [0.25, 0.3) is 0 Å². The second kappa shape index (κ2) is 3.65. The van der Waals surface area contributed by atoms with E-state index in [0.29, 0.717) is 11.3 Å². The molecule has 6 nitrogen and oxygen atoms in total. The lowest BCUT2D eigenvalue weighted by molar-refractivity contribution is -0.146. The van der Waals surface area contributed by atoms with E-state index in [-0.39, 0.29) is 6.54 Å². The van der Waals surface area contributed by atoms with Crippen LogP contribution in [0.25, 0.3) is 0 Å². The zero-order valence-electron chi connectivity index (χ0n) is 7.64. The molecular formula is C8H11NO5. The monoisotopic (exact) mass is 201 g/mol. The number of rotatable bonds is 2. The van der Waals surface area contributed by atoms with Gasteiger partial charge in [-0.05, 0) is 6.42 Å². The molecule has 78 valence electrons. The Labute approximate surface area is 80.1 Å². The summed E-state index contributed by atoms with van der Waals surface area (Å²) in [4.78, 5) is 33.1. The number of amides is 2. The SMILES string of the molecule is CC(C(=O)O)C1CCN(C(=O)O)C1=O. The van der Waals surface area contributed by atoms with Gasteiger partial charge in [-0.25, -0.2) is 9.69 Å². The molecule has 1 aliphatic rings. The molecule has 1 aliphatic heterocycles. The van der Waals surface area contributed by atoms with Gasteiger partial charge >= 0.3 is 12.1 Å². The van der Waals surface area contributed by atoms with E-state index in [9.17, 15) is 14.4 Å². The minimum atomic E-state index is -1.31. The van der Waals surface area contributed by atoms with Crippen LogP contribution in [0.15, 0.2) is 0 Å². The first kappa shape index (κ1) is 10.5. The Kier molecular flexibility index (Phi) is 2.73. The van der Waals surface area contributed by atoms with Crippen molar-refractivity contribution in [1.29, 1.82) is 0 Å². The van der Waals surface area contributed by atoms with Crippen molar-refractivity contribution in [2.75, 3.05) is 6.54 Å². The van der Waals surface area contributed by atoms with Gasteiger partial charge in [-0.15, -0.1) is 0 Å². The number of carbonyl (C=O) groups excluding carboxylic acids is 1. The van der Waals surface area contributed by atoms with Gasteiger partial charge in [0.1, 0.15) is 0 Å². The van der Waals surface area contributed by atoms with Crippen LogP contribution in [0.2, 0.25) is 0 Å². The van der Waals surface area contributed by atoms with Gasteiger partial charge < -0.3 is 10.2 Å². The minimum absolute atomic E-state index is 0.0937. The third kappa shape index (κ3) is 1.68. The smallest absolute Gasteiger partial charge is 0.414 e. The molecule has 1 fully saturated rings. The van der Waals surface area contributed by atoms with Gasteiger partial charge in [0.05, 0.1) is 11.8 Å². The summed E-state index contributed by atoms with van der Waals surface area (Å²) < 4.78 is 0. The Morgan fingerprint density at radius 1 is 1.50 bits per heavy atom. The van der Waals surface area contributed by atoms with Crippen molar-refractivity contribution >= 4 is 18.0 Å². The van der Waals surface area contributed by atoms with Crippen molar-refractivity contribution < 1.29 is 24.6 Å². The highest BCUT2D eigenvalue weighted by Gasteiger charge is 2.40. The highest BCUT2D eigenvalue weighted by atomic mass is 16.4. The number of hydrogen-bond donors (Lipinski definition) is 2. The number of imide groups is 1. The second-order valence-corrected chi connectivity index (χ2v) is 3.29. The van der Waals surface area contributed by atoms with Gasteiger partial charge in [-0.1, -0.05) is 6.92 Å². The van der Waals surface area contributed by atoms with Crippen LogP contribution in [0.3, 0.4) is 0 Å². The van der Waals surface area contributed by atoms with Crippen LogP contribution in [0.5, 0.6) is 0 Å². The van der Waals surface area contributed by atoms with E-state index >= 15 is 0 Å². The van der Waals surface area contributed by atoms with Crippen molar-refractivity contribution in [3.8, 4) is 0 Å². The maximum atomic E-state index is 11.4. The zero-order chi connectivity index (χ0) is 10.9. The Morgan fingerprint density at radius 3 is 2.43 bits per heavy atom. The number of likely N-dealkylation sites (tertiary alicyclic amines) is 1. The van der Waals surface area contributed by atoms with Crippen LogP contribution in [0.1, 0.15) is 13.3 Å². The molecule has 0 aromatic carbocycles. The number of aliphatic carboxylic acids is 1. The normalized spacial score (nSPS) is 23.6. The molecule has 0 saturated carbocycles. The summed E-state index contributed by atoms with van der Waals surface area (Å²) in [6, 6.07) is 0. The van der Waals surface area contributed by atoms with Crippen LogP contribution in [0, 0.1) is 11.8 Å². The molecule has 1 rings (SSSR count). The molecule has 1 heterocycles. The van der Waals surface area contributed by atoms with E-state index in [2.05, 4.69) is 0 Å². The van der Waals surface area contributed by atoms with Gasteiger partial charge in [0, 0.05) is 6.54 Å². The van der Waals surface area contributed by atoms with E-state index < -0.39 is 29.8 Å². The number of carbonyl (C=O) groups is 3. The second-order valence-electron chi connectivity index (χ2n) is 3.29. The fourth-order valence-corrected chi connectivity index (χ4v) is 1.53. The van der Waals surface area contributed by atoms with Gasteiger partial charge in [-0.2, -0.15) is 0 Å². The lowest BCUT2D eigenvalue weighted by Gasteiger charge is -2.13. The number of carboxylic acids is 1. The maximum Gasteiger partial charge on any atom is 0.414 e. The molecule has 1 saturated heterocycles. The fraction of sp³-hybridized carbons (Fsp3) is 0.625. The molecule has 0 aliphatic carbocycles. The lowest BCUT2D eigenvalue weighted by atomic mass is 9.93. The predicted molar refractivity (Wildman–Crippen MR) is 44.6 cm³/mol. The van der Waals surface area contributed by atoms with E-state index in [4.69, 9.17) is 10.2 Å². The molecule has 2 amide bonds. The van der Waals surface area contributed by atoms with Crippen molar-refractivity contribution in [3.05, 3.63) is 0 Å². The van der Waals surface area contributed by atoms with Crippen LogP contribution in [0.4, 0.5) is 4.79 Å². The van der Waals surface area contributed by atoms with Crippen LogP contribution in [-0.2, 0) is 9.59 Å². The first-order valence-electron chi connectivity index (χ1n) is 4.22. The first-order valence-corrected chi connectivity index (χ1v) is 4.22. The highest BCUT2D eigenvalue weighted by Crippen LogP contribution is 2.25. The fourth-order valence-electron chi connectivity index (χ4n) is 1.53. The topological polar surface area (TPSA) is 94.9 Å². The van der Waals surface area contributed by atoms with Crippen molar-refractivity contribution in [2.24, 2.45) is 11.8 Å². The van der Waals surface area contributed by atoms with E-state index in [1.165, 1.54) is 6.92 Å². The van der Waals surface area contributed by atoms with E-state index in [1.807, 2.05) is 0 Å². The Balaban J connectivity index is 2.73. The standard InChI is InChI=1S/C8H11NO5/c1-4(7(11)12)5-2-3-9(6(5)10)8(13)14/h4-5H,2-3H2,1H3,(H,11,12)(H,13,14). The number of carboxylic acid groups (broad SMARTS) is 2. The third-order valence-electron chi connectivity index (χ3n) is 2.47. The Hall–Kier alpha value is -1.59. The average molecular weight is 201 g/mol. The van der Waals surface area contributed by atoms with E-state index in [1.54, 1.807) is 0 Å². The average Bonchev–Trinajstić information content (AvgIpc) is 2.45. The molecule has 2 atom stereocenters. The summed E-state index contributed by atoms with van der Waals surface area (Å²) in [6.07, 6.45) is -1.02. The largest absolute Gasteiger partial charge is 0.481 e. The molecule has 2 N–H and O–H groups in total. The summed E-state index contributed by atoms with van der Waals surface area (Å²) in [7, 11) is 0. The zero-order valence-corrected chi connectivity index (χ0v) is 7.64. The molecule has 0 spiro atoms. The molecule has 14 heavy (non-hydrogen) atoms.